The number of aryl methyl sites for hydroxylation is 1. The van der Waals surface area contributed by atoms with E-state index in [2.05, 4.69) is 17.9 Å². The van der Waals surface area contributed by atoms with Crippen molar-refractivity contribution < 1.29 is 9.72 Å². The van der Waals surface area contributed by atoms with Crippen LogP contribution in [0.4, 0.5) is 11.4 Å². The molecule has 0 atom stereocenters. The van der Waals surface area contributed by atoms with E-state index in [0.717, 1.165) is 0 Å². The highest BCUT2D eigenvalue weighted by Gasteiger charge is 2.15. The number of nitrogens with zero attached hydrogens (tertiary/aromatic N) is 1. The zero-order valence-electron chi connectivity index (χ0n) is 10.7. The lowest BCUT2D eigenvalue weighted by molar-refractivity contribution is -0.385. The molecule has 0 fully saturated rings. The van der Waals surface area contributed by atoms with Gasteiger partial charge in [-0.2, -0.15) is 0 Å². The molecule has 2 aromatic rings. The van der Waals surface area contributed by atoms with Crippen LogP contribution in [0.25, 0.3) is 0 Å². The lowest BCUT2D eigenvalue weighted by Gasteiger charge is -2.08. The summed E-state index contributed by atoms with van der Waals surface area (Å²) >= 11 is 4.23. The van der Waals surface area contributed by atoms with Crippen molar-refractivity contribution >= 4 is 29.9 Å². The largest absolute Gasteiger partial charge is 0.321 e. The maximum absolute atomic E-state index is 12.1. The molecule has 2 aromatic carbocycles. The summed E-state index contributed by atoms with van der Waals surface area (Å²) in [5.41, 5.74) is 1.24. The van der Waals surface area contributed by atoms with E-state index < -0.39 is 10.8 Å². The van der Waals surface area contributed by atoms with Crippen molar-refractivity contribution in [3.05, 3.63) is 63.7 Å². The third-order valence-corrected chi connectivity index (χ3v) is 3.21. The van der Waals surface area contributed by atoms with Crippen LogP contribution in [0.15, 0.2) is 47.4 Å². The number of nitro benzene ring substituents is 1. The second-order valence-corrected chi connectivity index (χ2v) is 4.71. The Morgan fingerprint density at radius 3 is 2.60 bits per heavy atom. The van der Waals surface area contributed by atoms with Gasteiger partial charge in [0.15, 0.2) is 0 Å². The number of para-hydroxylation sites is 1. The van der Waals surface area contributed by atoms with Gasteiger partial charge >= 0.3 is 0 Å². The number of carbonyl (C=O) groups is 1. The fraction of sp³-hybridized carbons (Fsp3) is 0.0714. The van der Waals surface area contributed by atoms with E-state index in [4.69, 9.17) is 0 Å². The summed E-state index contributed by atoms with van der Waals surface area (Å²) in [6, 6.07) is 11.4. The van der Waals surface area contributed by atoms with E-state index in [1.807, 2.05) is 0 Å². The summed E-state index contributed by atoms with van der Waals surface area (Å²) in [5.74, 6) is -0.408. The van der Waals surface area contributed by atoms with E-state index in [-0.39, 0.29) is 11.3 Å². The number of thiol groups is 1. The number of amides is 1. The first-order valence-corrected chi connectivity index (χ1v) is 6.28. The van der Waals surface area contributed by atoms with Crippen LogP contribution in [-0.4, -0.2) is 10.8 Å². The van der Waals surface area contributed by atoms with Crippen molar-refractivity contribution in [3.63, 3.8) is 0 Å². The smallest absolute Gasteiger partial charge is 0.273 e. The number of nitro groups is 1. The topological polar surface area (TPSA) is 72.2 Å². The Balaban J connectivity index is 2.28. The fourth-order valence-electron chi connectivity index (χ4n) is 1.72. The average Bonchev–Trinajstić information content (AvgIpc) is 2.41. The van der Waals surface area contributed by atoms with Gasteiger partial charge in [-0.3, -0.25) is 14.9 Å². The van der Waals surface area contributed by atoms with Crippen molar-refractivity contribution in [1.29, 1.82) is 0 Å². The van der Waals surface area contributed by atoms with Crippen molar-refractivity contribution in [1.82, 2.24) is 0 Å². The first kappa shape index (κ1) is 14.1. The number of hydrogen-bond acceptors (Lipinski definition) is 4. The van der Waals surface area contributed by atoms with Crippen molar-refractivity contribution in [2.45, 2.75) is 11.8 Å². The summed E-state index contributed by atoms with van der Waals surface area (Å²) in [6.45, 7) is 1.63. The molecule has 20 heavy (non-hydrogen) atoms. The third kappa shape index (κ3) is 2.97. The number of carbonyl (C=O) groups excluding carboxylic acids is 1. The Morgan fingerprint density at radius 1 is 1.25 bits per heavy atom. The van der Waals surface area contributed by atoms with Crippen LogP contribution in [-0.2, 0) is 0 Å². The molecule has 0 saturated carbocycles. The Labute approximate surface area is 121 Å². The molecular weight excluding hydrogens is 276 g/mol. The zero-order chi connectivity index (χ0) is 14.7. The molecule has 0 aliphatic rings. The Morgan fingerprint density at radius 2 is 1.95 bits per heavy atom. The van der Waals surface area contributed by atoms with Crippen LogP contribution in [0.2, 0.25) is 0 Å². The molecule has 0 spiro atoms. The van der Waals surface area contributed by atoms with Gasteiger partial charge in [-0.25, -0.2) is 0 Å². The van der Waals surface area contributed by atoms with E-state index in [1.54, 1.807) is 43.3 Å². The molecule has 102 valence electrons. The fourth-order valence-corrected chi connectivity index (χ4v) is 1.94. The molecule has 0 unspecified atom stereocenters. The molecule has 1 N–H and O–H groups in total. The highest BCUT2D eigenvalue weighted by atomic mass is 32.1. The van der Waals surface area contributed by atoms with E-state index in [1.165, 1.54) is 6.07 Å². The van der Waals surface area contributed by atoms with Crippen LogP contribution in [0.1, 0.15) is 15.9 Å². The molecule has 1 amide bonds. The Kier molecular flexibility index (Phi) is 4.05. The first-order valence-electron chi connectivity index (χ1n) is 5.83. The van der Waals surface area contributed by atoms with Gasteiger partial charge in [0.05, 0.1) is 10.6 Å². The Bertz CT molecular complexity index is 686. The van der Waals surface area contributed by atoms with Crippen molar-refractivity contribution in [3.8, 4) is 0 Å². The number of nitrogens with one attached hydrogen (secondary N) is 1. The van der Waals surface area contributed by atoms with Gasteiger partial charge in [0.1, 0.15) is 0 Å². The van der Waals surface area contributed by atoms with Gasteiger partial charge in [-0.15, -0.1) is 12.6 Å². The van der Waals surface area contributed by atoms with Gasteiger partial charge in [0, 0.05) is 22.1 Å². The van der Waals surface area contributed by atoms with Crippen LogP contribution in [0.5, 0.6) is 0 Å². The first-order chi connectivity index (χ1) is 9.49. The monoisotopic (exact) mass is 288 g/mol. The molecule has 5 nitrogen and oxygen atoms in total. The van der Waals surface area contributed by atoms with Crippen molar-refractivity contribution in [2.75, 3.05) is 5.32 Å². The number of anilines is 1. The SMILES string of the molecule is Cc1ccc(C(=O)Nc2ccccc2S)cc1[N+](=O)[O-]. The van der Waals surface area contributed by atoms with E-state index >= 15 is 0 Å². The molecule has 2 rings (SSSR count). The maximum atomic E-state index is 12.1. The molecule has 0 saturated heterocycles. The average molecular weight is 288 g/mol. The minimum Gasteiger partial charge on any atom is -0.321 e. The lowest BCUT2D eigenvalue weighted by atomic mass is 10.1. The Hall–Kier alpha value is -2.34. The molecular formula is C14H12N2O3S. The highest BCUT2D eigenvalue weighted by Crippen LogP contribution is 2.22. The summed E-state index contributed by atoms with van der Waals surface area (Å²) in [6.07, 6.45) is 0. The summed E-state index contributed by atoms with van der Waals surface area (Å²) < 4.78 is 0. The summed E-state index contributed by atoms with van der Waals surface area (Å²) in [4.78, 5) is 23.1. The van der Waals surface area contributed by atoms with Gasteiger partial charge in [0.2, 0.25) is 0 Å². The minimum absolute atomic E-state index is 0.0724. The molecule has 6 heteroatoms. The van der Waals surface area contributed by atoms with Crippen LogP contribution in [0, 0.1) is 17.0 Å². The second-order valence-electron chi connectivity index (χ2n) is 4.23. The second kappa shape index (κ2) is 5.75. The highest BCUT2D eigenvalue weighted by molar-refractivity contribution is 7.80. The molecule has 0 bridgehead atoms. The molecule has 0 aliphatic carbocycles. The number of rotatable bonds is 3. The molecule has 0 heterocycles. The summed E-state index contributed by atoms with van der Waals surface area (Å²) in [7, 11) is 0. The molecule has 0 aliphatic heterocycles. The number of benzene rings is 2. The van der Waals surface area contributed by atoms with E-state index in [9.17, 15) is 14.9 Å². The van der Waals surface area contributed by atoms with Crippen molar-refractivity contribution in [2.24, 2.45) is 0 Å². The van der Waals surface area contributed by atoms with Crippen LogP contribution < -0.4 is 5.32 Å². The third-order valence-electron chi connectivity index (χ3n) is 2.82. The van der Waals surface area contributed by atoms with E-state index in [0.29, 0.717) is 16.1 Å². The lowest BCUT2D eigenvalue weighted by Crippen LogP contribution is -2.12. The quantitative estimate of drug-likeness (QED) is 0.516. The zero-order valence-corrected chi connectivity index (χ0v) is 11.6. The standard InChI is InChI=1S/C14H12N2O3S/c1-9-6-7-10(8-12(9)16(18)19)14(17)15-11-4-2-3-5-13(11)20/h2-8,20H,1H3,(H,15,17). The predicted octanol–water partition coefficient (Wildman–Crippen LogP) is 3.44. The maximum Gasteiger partial charge on any atom is 0.273 e. The van der Waals surface area contributed by atoms with Gasteiger partial charge < -0.3 is 5.32 Å². The predicted molar refractivity (Wildman–Crippen MR) is 79.5 cm³/mol. The van der Waals surface area contributed by atoms with Crippen LogP contribution >= 0.6 is 12.6 Å². The number of hydrogen-bond donors (Lipinski definition) is 2. The molecule has 0 aromatic heterocycles. The van der Waals surface area contributed by atoms with Gasteiger partial charge in [-0.05, 0) is 25.1 Å². The van der Waals surface area contributed by atoms with Gasteiger partial charge in [-0.1, -0.05) is 18.2 Å². The summed E-state index contributed by atoms with van der Waals surface area (Å²) in [5, 5.41) is 13.5. The minimum atomic E-state index is -0.501. The normalized spacial score (nSPS) is 10.1. The van der Waals surface area contributed by atoms with Gasteiger partial charge in [0.25, 0.3) is 11.6 Å². The van der Waals surface area contributed by atoms with Crippen LogP contribution in [0.3, 0.4) is 0 Å². The molecule has 0 radical (unpaired) electrons.